The van der Waals surface area contributed by atoms with Crippen LogP contribution in [-0.2, 0) is 9.59 Å². The maximum atomic E-state index is 12.4. The van der Waals surface area contributed by atoms with Crippen LogP contribution in [0.2, 0.25) is 0 Å². The molecule has 0 bridgehead atoms. The molecule has 5 nitrogen and oxygen atoms in total. The normalized spacial score (nSPS) is 35.4. The summed E-state index contributed by atoms with van der Waals surface area (Å²) in [5.41, 5.74) is 3.66. The molecule has 108 valence electrons. The first kappa shape index (κ1) is 14.3. The van der Waals surface area contributed by atoms with Crippen molar-refractivity contribution < 1.29 is 14.7 Å². The Morgan fingerprint density at radius 2 is 1.95 bits per heavy atom. The van der Waals surface area contributed by atoms with Gasteiger partial charge < -0.3 is 15.7 Å². The fourth-order valence-electron chi connectivity index (χ4n) is 3.26. The standard InChI is InChI=1S/C14H24N2O3/c1-2-10-3-5-11(6-4-10)12(17)16-8-7-14(19,9-16)13(15)18/h10-11,19H,2-9H2,1H3,(H2,15,18)/t10?,11?,14-/m1/s1. The van der Waals surface area contributed by atoms with Gasteiger partial charge >= 0.3 is 0 Å². The lowest BCUT2D eigenvalue weighted by Crippen LogP contribution is -2.47. The van der Waals surface area contributed by atoms with E-state index in [0.29, 0.717) is 6.54 Å². The number of aliphatic hydroxyl groups is 1. The molecule has 1 saturated heterocycles. The summed E-state index contributed by atoms with van der Waals surface area (Å²) in [6.45, 7) is 2.70. The van der Waals surface area contributed by atoms with E-state index in [2.05, 4.69) is 6.92 Å². The number of carbonyl (C=O) groups excluding carboxylic acids is 2. The molecular formula is C14H24N2O3. The smallest absolute Gasteiger partial charge is 0.251 e. The Labute approximate surface area is 114 Å². The molecule has 19 heavy (non-hydrogen) atoms. The summed E-state index contributed by atoms with van der Waals surface area (Å²) in [7, 11) is 0. The van der Waals surface area contributed by atoms with E-state index in [1.54, 1.807) is 4.90 Å². The molecule has 3 N–H and O–H groups in total. The first-order valence-electron chi connectivity index (χ1n) is 7.27. The summed E-state index contributed by atoms with van der Waals surface area (Å²) in [4.78, 5) is 25.2. The van der Waals surface area contributed by atoms with Crippen LogP contribution in [0.25, 0.3) is 0 Å². The molecule has 0 aromatic carbocycles. The third-order valence-corrected chi connectivity index (χ3v) is 4.79. The largest absolute Gasteiger partial charge is 0.378 e. The average molecular weight is 268 g/mol. The fourth-order valence-corrected chi connectivity index (χ4v) is 3.26. The van der Waals surface area contributed by atoms with Gasteiger partial charge in [-0.25, -0.2) is 0 Å². The van der Waals surface area contributed by atoms with Gasteiger partial charge in [-0.3, -0.25) is 9.59 Å². The predicted molar refractivity (Wildman–Crippen MR) is 71.1 cm³/mol. The molecule has 0 unspecified atom stereocenters. The third-order valence-electron chi connectivity index (χ3n) is 4.79. The Hall–Kier alpha value is -1.10. The number of nitrogens with zero attached hydrogens (tertiary/aromatic N) is 1. The van der Waals surface area contributed by atoms with Gasteiger partial charge in [0.15, 0.2) is 5.60 Å². The number of carbonyl (C=O) groups is 2. The molecule has 2 rings (SSSR count). The lowest BCUT2D eigenvalue weighted by atomic mass is 9.80. The second-order valence-corrected chi connectivity index (χ2v) is 6.03. The van der Waals surface area contributed by atoms with Gasteiger partial charge in [0.05, 0.1) is 6.54 Å². The number of nitrogens with two attached hydrogens (primary N) is 1. The van der Waals surface area contributed by atoms with Gasteiger partial charge in [-0.05, 0) is 31.6 Å². The van der Waals surface area contributed by atoms with Crippen molar-refractivity contribution in [2.45, 2.75) is 51.0 Å². The van der Waals surface area contributed by atoms with Crippen molar-refractivity contribution in [2.24, 2.45) is 17.6 Å². The van der Waals surface area contributed by atoms with Gasteiger partial charge in [0, 0.05) is 18.9 Å². The van der Waals surface area contributed by atoms with Gasteiger partial charge in [0.25, 0.3) is 5.91 Å². The SMILES string of the molecule is CCC1CCC(C(=O)N2CC[C@](O)(C(N)=O)C2)CC1. The van der Waals surface area contributed by atoms with E-state index in [0.717, 1.165) is 31.6 Å². The van der Waals surface area contributed by atoms with E-state index in [-0.39, 0.29) is 24.8 Å². The molecule has 1 atom stereocenters. The molecule has 0 spiro atoms. The Balaban J connectivity index is 1.90. The lowest BCUT2D eigenvalue weighted by molar-refractivity contribution is -0.140. The van der Waals surface area contributed by atoms with Crippen molar-refractivity contribution in [3.05, 3.63) is 0 Å². The van der Waals surface area contributed by atoms with Crippen LogP contribution in [0.4, 0.5) is 0 Å². The van der Waals surface area contributed by atoms with Gasteiger partial charge in [0.1, 0.15) is 0 Å². The molecule has 0 radical (unpaired) electrons. The van der Waals surface area contributed by atoms with Crippen LogP contribution in [-0.4, -0.2) is 40.5 Å². The Morgan fingerprint density at radius 3 is 2.42 bits per heavy atom. The zero-order valence-electron chi connectivity index (χ0n) is 11.6. The topological polar surface area (TPSA) is 83.6 Å². The van der Waals surface area contributed by atoms with E-state index >= 15 is 0 Å². The van der Waals surface area contributed by atoms with E-state index in [9.17, 15) is 14.7 Å². The second-order valence-electron chi connectivity index (χ2n) is 6.03. The second kappa shape index (κ2) is 5.49. The van der Waals surface area contributed by atoms with E-state index < -0.39 is 11.5 Å². The van der Waals surface area contributed by atoms with Crippen LogP contribution in [0.3, 0.4) is 0 Å². The van der Waals surface area contributed by atoms with Crippen molar-refractivity contribution in [1.82, 2.24) is 4.90 Å². The van der Waals surface area contributed by atoms with Crippen molar-refractivity contribution in [3.8, 4) is 0 Å². The molecule has 2 amide bonds. The van der Waals surface area contributed by atoms with E-state index in [1.807, 2.05) is 0 Å². The average Bonchev–Trinajstić information content (AvgIpc) is 2.82. The number of rotatable bonds is 3. The summed E-state index contributed by atoms with van der Waals surface area (Å²) in [5, 5.41) is 10.00. The fraction of sp³-hybridized carbons (Fsp3) is 0.857. The quantitative estimate of drug-likeness (QED) is 0.788. The minimum absolute atomic E-state index is 0.0644. The molecule has 1 aliphatic carbocycles. The molecule has 5 heteroatoms. The van der Waals surface area contributed by atoms with Gasteiger partial charge in [-0.2, -0.15) is 0 Å². The zero-order valence-corrected chi connectivity index (χ0v) is 11.6. The highest BCUT2D eigenvalue weighted by Gasteiger charge is 2.44. The van der Waals surface area contributed by atoms with Crippen LogP contribution in [0.1, 0.15) is 45.4 Å². The highest BCUT2D eigenvalue weighted by Crippen LogP contribution is 2.33. The maximum Gasteiger partial charge on any atom is 0.251 e. The summed E-state index contributed by atoms with van der Waals surface area (Å²) in [6.07, 6.45) is 5.54. The van der Waals surface area contributed by atoms with Crippen molar-refractivity contribution >= 4 is 11.8 Å². The first-order valence-corrected chi connectivity index (χ1v) is 7.27. The zero-order chi connectivity index (χ0) is 14.0. The molecule has 0 aromatic rings. The Morgan fingerprint density at radius 1 is 1.32 bits per heavy atom. The number of likely N-dealkylation sites (tertiary alicyclic amines) is 1. The number of hydrogen-bond acceptors (Lipinski definition) is 3. The molecular weight excluding hydrogens is 244 g/mol. The van der Waals surface area contributed by atoms with Gasteiger partial charge in [-0.1, -0.05) is 13.3 Å². The van der Waals surface area contributed by atoms with Crippen molar-refractivity contribution in [2.75, 3.05) is 13.1 Å². The van der Waals surface area contributed by atoms with E-state index in [1.165, 1.54) is 6.42 Å². The van der Waals surface area contributed by atoms with Crippen LogP contribution in [0.5, 0.6) is 0 Å². The molecule has 1 aliphatic heterocycles. The monoisotopic (exact) mass is 268 g/mol. The highest BCUT2D eigenvalue weighted by molar-refractivity contribution is 5.86. The Kier molecular flexibility index (Phi) is 4.13. The molecule has 1 heterocycles. The Bertz CT molecular complexity index is 364. The molecule has 1 saturated carbocycles. The first-order chi connectivity index (χ1) is 8.96. The van der Waals surface area contributed by atoms with Crippen LogP contribution >= 0.6 is 0 Å². The highest BCUT2D eigenvalue weighted by atomic mass is 16.3. The molecule has 0 aromatic heterocycles. The molecule has 2 aliphatic rings. The van der Waals surface area contributed by atoms with Crippen molar-refractivity contribution in [3.63, 3.8) is 0 Å². The minimum atomic E-state index is -1.52. The predicted octanol–water partition coefficient (Wildman–Crippen LogP) is 0.651. The summed E-state index contributed by atoms with van der Waals surface area (Å²) in [5.74, 6) is 0.187. The number of β-amino-alcohol motifs (C(OH)–C–C–N with tert-alkyl or cyclic N) is 1. The van der Waals surface area contributed by atoms with Gasteiger partial charge in [-0.15, -0.1) is 0 Å². The minimum Gasteiger partial charge on any atom is -0.378 e. The maximum absolute atomic E-state index is 12.4. The van der Waals surface area contributed by atoms with Crippen LogP contribution in [0.15, 0.2) is 0 Å². The number of amides is 2. The summed E-state index contributed by atoms with van der Waals surface area (Å²) < 4.78 is 0. The number of primary amides is 1. The van der Waals surface area contributed by atoms with Gasteiger partial charge in [0.2, 0.25) is 5.91 Å². The third kappa shape index (κ3) is 2.91. The van der Waals surface area contributed by atoms with Crippen LogP contribution < -0.4 is 5.73 Å². The van der Waals surface area contributed by atoms with Crippen molar-refractivity contribution in [1.29, 1.82) is 0 Å². The number of hydrogen-bond donors (Lipinski definition) is 2. The lowest BCUT2D eigenvalue weighted by Gasteiger charge is -2.30. The summed E-state index contributed by atoms with van der Waals surface area (Å²) in [6, 6.07) is 0. The van der Waals surface area contributed by atoms with Crippen LogP contribution in [0, 0.1) is 11.8 Å². The summed E-state index contributed by atoms with van der Waals surface area (Å²) >= 11 is 0. The molecule has 2 fully saturated rings. The van der Waals surface area contributed by atoms with E-state index in [4.69, 9.17) is 5.73 Å².